The predicted octanol–water partition coefficient (Wildman–Crippen LogP) is 5.34. The van der Waals surface area contributed by atoms with Gasteiger partial charge in [-0.25, -0.2) is 0 Å². The largest absolute Gasteiger partial charge is 0.417 e. The molecule has 0 radical (unpaired) electrons. The molecule has 6 heteroatoms. The Balaban J connectivity index is 2.35. The minimum absolute atomic E-state index is 0.213. The van der Waals surface area contributed by atoms with Crippen molar-refractivity contribution in [2.24, 2.45) is 0 Å². The van der Waals surface area contributed by atoms with Gasteiger partial charge in [0.15, 0.2) is 0 Å². The van der Waals surface area contributed by atoms with Crippen molar-refractivity contribution in [1.82, 2.24) is 5.32 Å². The molecule has 0 aliphatic heterocycles. The van der Waals surface area contributed by atoms with Gasteiger partial charge in [-0.2, -0.15) is 13.2 Å². The van der Waals surface area contributed by atoms with Crippen molar-refractivity contribution in [3.8, 4) is 0 Å². The van der Waals surface area contributed by atoms with Gasteiger partial charge in [-0.3, -0.25) is 0 Å². The molecule has 0 aliphatic carbocycles. The first kappa shape index (κ1) is 16.4. The van der Waals surface area contributed by atoms with Crippen molar-refractivity contribution in [1.29, 1.82) is 0 Å². The van der Waals surface area contributed by atoms with Gasteiger partial charge in [0.05, 0.1) is 5.56 Å². The highest BCUT2D eigenvalue weighted by molar-refractivity contribution is 9.10. The Labute approximate surface area is 134 Å². The molecular formula is C15H13BrF3NS. The van der Waals surface area contributed by atoms with Crippen LogP contribution >= 0.6 is 27.7 Å². The molecule has 0 amide bonds. The highest BCUT2D eigenvalue weighted by atomic mass is 79.9. The van der Waals surface area contributed by atoms with Gasteiger partial charge >= 0.3 is 6.18 Å². The average Bonchev–Trinajstić information content (AvgIpc) is 2.42. The van der Waals surface area contributed by atoms with Crippen LogP contribution in [0.1, 0.15) is 11.1 Å². The fraction of sp³-hybridized carbons (Fsp3) is 0.200. The Kier molecular flexibility index (Phi) is 5.35. The van der Waals surface area contributed by atoms with Crippen LogP contribution in [0.5, 0.6) is 0 Å². The summed E-state index contributed by atoms with van der Waals surface area (Å²) in [7, 11) is 1.71. The van der Waals surface area contributed by atoms with Crippen molar-refractivity contribution in [2.45, 2.75) is 22.5 Å². The summed E-state index contributed by atoms with van der Waals surface area (Å²) in [4.78, 5) is 0.981. The molecule has 1 nitrogen and oxygen atoms in total. The molecule has 0 atom stereocenters. The molecule has 0 saturated carbocycles. The highest BCUT2D eigenvalue weighted by Gasteiger charge is 2.33. The molecule has 2 rings (SSSR count). The van der Waals surface area contributed by atoms with Gasteiger partial charge in [0.2, 0.25) is 0 Å². The van der Waals surface area contributed by atoms with Crippen LogP contribution in [-0.2, 0) is 12.7 Å². The molecule has 0 unspecified atom stereocenters. The summed E-state index contributed by atoms with van der Waals surface area (Å²) in [6, 6.07) is 11.6. The van der Waals surface area contributed by atoms with Crippen molar-refractivity contribution in [3.05, 3.63) is 58.1 Å². The molecule has 0 spiro atoms. The van der Waals surface area contributed by atoms with Crippen LogP contribution in [0.4, 0.5) is 13.2 Å². The lowest BCUT2D eigenvalue weighted by Crippen LogP contribution is -2.10. The van der Waals surface area contributed by atoms with Crippen LogP contribution in [0.15, 0.2) is 56.7 Å². The van der Waals surface area contributed by atoms with E-state index in [9.17, 15) is 13.2 Å². The number of rotatable bonds is 4. The summed E-state index contributed by atoms with van der Waals surface area (Å²) < 4.78 is 40.5. The molecule has 2 aromatic rings. The van der Waals surface area contributed by atoms with Crippen molar-refractivity contribution in [2.75, 3.05) is 7.05 Å². The minimum Gasteiger partial charge on any atom is -0.316 e. The average molecular weight is 376 g/mol. The van der Waals surface area contributed by atoms with Gasteiger partial charge in [-0.05, 0) is 49.0 Å². The third kappa shape index (κ3) is 4.49. The maximum Gasteiger partial charge on any atom is 0.417 e. The number of halogens is 4. The summed E-state index contributed by atoms with van der Waals surface area (Å²) >= 11 is 4.42. The Morgan fingerprint density at radius 2 is 1.76 bits per heavy atom. The quantitative estimate of drug-likeness (QED) is 0.773. The van der Waals surface area contributed by atoms with Crippen LogP contribution in [0.2, 0.25) is 0 Å². The number of hydrogen-bond donors (Lipinski definition) is 1. The Bertz CT molecular complexity index is 611. The molecule has 0 aromatic heterocycles. The van der Waals surface area contributed by atoms with Crippen LogP contribution in [0.25, 0.3) is 0 Å². The third-order valence-corrected chi connectivity index (χ3v) is 4.38. The minimum atomic E-state index is -4.36. The van der Waals surface area contributed by atoms with E-state index >= 15 is 0 Å². The van der Waals surface area contributed by atoms with E-state index in [-0.39, 0.29) is 4.90 Å². The predicted molar refractivity (Wildman–Crippen MR) is 82.5 cm³/mol. The number of hydrogen-bond acceptors (Lipinski definition) is 2. The maximum atomic E-state index is 13.2. The lowest BCUT2D eigenvalue weighted by Gasteiger charge is -2.14. The van der Waals surface area contributed by atoms with Crippen LogP contribution in [-0.4, -0.2) is 7.05 Å². The third-order valence-electron chi connectivity index (χ3n) is 2.77. The molecule has 0 saturated heterocycles. The first-order valence-corrected chi connectivity index (χ1v) is 7.79. The molecule has 0 heterocycles. The highest BCUT2D eigenvalue weighted by Crippen LogP contribution is 2.40. The molecule has 2 aromatic carbocycles. The Morgan fingerprint density at radius 3 is 2.33 bits per heavy atom. The second kappa shape index (κ2) is 6.85. The molecule has 0 aliphatic rings. The molecule has 0 bridgehead atoms. The van der Waals surface area contributed by atoms with E-state index in [0.717, 1.165) is 21.1 Å². The maximum absolute atomic E-state index is 13.2. The zero-order valence-corrected chi connectivity index (χ0v) is 13.6. The SMILES string of the molecule is CNCc1ccc(Sc2ccc(Br)cc2)c(C(F)(F)F)c1. The molecule has 1 N–H and O–H groups in total. The Hall–Kier alpha value is -0.980. The molecule has 0 fully saturated rings. The van der Waals surface area contributed by atoms with E-state index in [1.54, 1.807) is 25.2 Å². The Morgan fingerprint density at radius 1 is 1.10 bits per heavy atom. The number of benzene rings is 2. The lowest BCUT2D eigenvalue weighted by molar-refractivity contribution is -0.139. The van der Waals surface area contributed by atoms with Crippen molar-refractivity contribution < 1.29 is 13.2 Å². The monoisotopic (exact) mass is 375 g/mol. The number of alkyl halides is 3. The zero-order chi connectivity index (χ0) is 15.5. The standard InChI is InChI=1S/C15H13BrF3NS/c1-20-9-10-2-7-14(13(8-10)15(17,18)19)21-12-5-3-11(16)4-6-12/h2-8,20H,9H2,1H3. The van der Waals surface area contributed by atoms with E-state index in [4.69, 9.17) is 0 Å². The van der Waals surface area contributed by atoms with Crippen LogP contribution in [0.3, 0.4) is 0 Å². The van der Waals surface area contributed by atoms with E-state index in [0.29, 0.717) is 12.1 Å². The summed E-state index contributed by atoms with van der Waals surface area (Å²) in [6.07, 6.45) is -4.36. The fourth-order valence-corrected chi connectivity index (χ4v) is 3.04. The summed E-state index contributed by atoms with van der Waals surface area (Å²) in [5.41, 5.74) is 0.0214. The van der Waals surface area contributed by atoms with E-state index in [1.807, 2.05) is 12.1 Å². The van der Waals surface area contributed by atoms with Crippen molar-refractivity contribution in [3.63, 3.8) is 0 Å². The second-order valence-corrected chi connectivity index (χ2v) is 6.45. The molecular weight excluding hydrogens is 363 g/mol. The van der Waals surface area contributed by atoms with Gasteiger partial charge in [0.25, 0.3) is 0 Å². The van der Waals surface area contributed by atoms with Gasteiger partial charge in [-0.1, -0.05) is 33.8 Å². The first-order chi connectivity index (χ1) is 9.90. The smallest absolute Gasteiger partial charge is 0.316 e. The summed E-state index contributed by atoms with van der Waals surface area (Å²) in [5.74, 6) is 0. The van der Waals surface area contributed by atoms with Gasteiger partial charge < -0.3 is 5.32 Å². The van der Waals surface area contributed by atoms with E-state index in [2.05, 4.69) is 21.2 Å². The van der Waals surface area contributed by atoms with Gasteiger partial charge in [0, 0.05) is 20.8 Å². The fourth-order valence-electron chi connectivity index (χ4n) is 1.83. The zero-order valence-electron chi connectivity index (χ0n) is 11.2. The van der Waals surface area contributed by atoms with E-state index < -0.39 is 11.7 Å². The van der Waals surface area contributed by atoms with Crippen LogP contribution in [0, 0.1) is 0 Å². The molecule has 112 valence electrons. The summed E-state index contributed by atoms with van der Waals surface area (Å²) in [5, 5.41) is 2.86. The molecule has 21 heavy (non-hydrogen) atoms. The number of nitrogens with one attached hydrogen (secondary N) is 1. The topological polar surface area (TPSA) is 12.0 Å². The van der Waals surface area contributed by atoms with Crippen LogP contribution < -0.4 is 5.32 Å². The van der Waals surface area contributed by atoms with Gasteiger partial charge in [0.1, 0.15) is 0 Å². The van der Waals surface area contributed by atoms with Crippen molar-refractivity contribution >= 4 is 27.7 Å². The second-order valence-electron chi connectivity index (χ2n) is 4.41. The normalized spacial score (nSPS) is 11.7. The summed E-state index contributed by atoms with van der Waals surface area (Å²) in [6.45, 7) is 0.409. The lowest BCUT2D eigenvalue weighted by atomic mass is 10.1. The van der Waals surface area contributed by atoms with Gasteiger partial charge in [-0.15, -0.1) is 0 Å². The van der Waals surface area contributed by atoms with E-state index in [1.165, 1.54) is 12.1 Å². The first-order valence-electron chi connectivity index (χ1n) is 6.18.